The maximum Gasteiger partial charge on any atom is 0.0587 e. The van der Waals surface area contributed by atoms with Gasteiger partial charge >= 0.3 is 0 Å². The van der Waals surface area contributed by atoms with Crippen molar-refractivity contribution in [2.75, 3.05) is 26.8 Å². The van der Waals surface area contributed by atoms with E-state index in [0.29, 0.717) is 6.04 Å². The average Bonchev–Trinajstić information content (AvgIpc) is 2.32. The van der Waals surface area contributed by atoms with Crippen LogP contribution in [-0.4, -0.2) is 32.8 Å². The van der Waals surface area contributed by atoms with E-state index in [0.717, 1.165) is 26.2 Å². The lowest BCUT2D eigenvalue weighted by Crippen LogP contribution is -2.37. The Hall–Kier alpha value is -0.900. The lowest BCUT2D eigenvalue weighted by Gasteiger charge is -2.14. The van der Waals surface area contributed by atoms with Gasteiger partial charge in [0.1, 0.15) is 0 Å². The fraction of sp³-hybridized carbons (Fsp3) is 0.571. The Balaban J connectivity index is 2.17. The van der Waals surface area contributed by atoms with Gasteiger partial charge in [0.05, 0.1) is 6.61 Å². The Morgan fingerprint density at radius 3 is 2.88 bits per heavy atom. The SMILES string of the molecule is COCCNCC(C)NCc1cccc(C)c1. The van der Waals surface area contributed by atoms with Crippen molar-refractivity contribution < 1.29 is 4.74 Å². The summed E-state index contributed by atoms with van der Waals surface area (Å²) < 4.78 is 4.98. The second kappa shape index (κ2) is 8.23. The van der Waals surface area contributed by atoms with Crippen molar-refractivity contribution in [3.05, 3.63) is 35.4 Å². The van der Waals surface area contributed by atoms with Gasteiger partial charge in [-0.25, -0.2) is 0 Å². The van der Waals surface area contributed by atoms with Crippen LogP contribution >= 0.6 is 0 Å². The van der Waals surface area contributed by atoms with Crippen molar-refractivity contribution >= 4 is 0 Å². The first-order valence-electron chi connectivity index (χ1n) is 6.21. The number of aryl methyl sites for hydroxylation is 1. The maximum atomic E-state index is 4.98. The quantitative estimate of drug-likeness (QED) is 0.674. The second-order valence-electron chi connectivity index (χ2n) is 4.47. The smallest absolute Gasteiger partial charge is 0.0587 e. The van der Waals surface area contributed by atoms with Crippen LogP contribution in [0, 0.1) is 6.92 Å². The fourth-order valence-electron chi connectivity index (χ4n) is 1.68. The summed E-state index contributed by atoms with van der Waals surface area (Å²) in [4.78, 5) is 0. The number of rotatable bonds is 8. The monoisotopic (exact) mass is 236 g/mol. The molecular weight excluding hydrogens is 212 g/mol. The van der Waals surface area contributed by atoms with E-state index in [1.165, 1.54) is 11.1 Å². The van der Waals surface area contributed by atoms with Gasteiger partial charge in [0.25, 0.3) is 0 Å². The predicted octanol–water partition coefficient (Wildman–Crippen LogP) is 1.71. The molecule has 0 amide bonds. The highest BCUT2D eigenvalue weighted by atomic mass is 16.5. The van der Waals surface area contributed by atoms with Crippen LogP contribution in [0.5, 0.6) is 0 Å². The first kappa shape index (κ1) is 14.2. The molecule has 0 saturated heterocycles. The van der Waals surface area contributed by atoms with E-state index < -0.39 is 0 Å². The normalized spacial score (nSPS) is 12.6. The molecule has 3 nitrogen and oxygen atoms in total. The molecular formula is C14H24N2O. The number of hydrogen-bond donors (Lipinski definition) is 2. The Labute approximate surface area is 105 Å². The van der Waals surface area contributed by atoms with E-state index in [-0.39, 0.29) is 0 Å². The van der Waals surface area contributed by atoms with Crippen LogP contribution in [0.2, 0.25) is 0 Å². The Morgan fingerprint density at radius 1 is 1.35 bits per heavy atom. The Kier molecular flexibility index (Phi) is 6.86. The van der Waals surface area contributed by atoms with E-state index in [2.05, 4.69) is 48.7 Å². The van der Waals surface area contributed by atoms with Crippen LogP contribution in [-0.2, 0) is 11.3 Å². The minimum Gasteiger partial charge on any atom is -0.383 e. The molecule has 2 N–H and O–H groups in total. The highest BCUT2D eigenvalue weighted by molar-refractivity contribution is 5.21. The molecule has 0 spiro atoms. The molecule has 1 atom stereocenters. The Bertz CT molecular complexity index is 315. The van der Waals surface area contributed by atoms with Crippen LogP contribution in [0.3, 0.4) is 0 Å². The third-order valence-electron chi connectivity index (χ3n) is 2.67. The number of hydrogen-bond acceptors (Lipinski definition) is 3. The molecule has 0 saturated carbocycles. The van der Waals surface area contributed by atoms with Crippen LogP contribution in [0.15, 0.2) is 24.3 Å². The van der Waals surface area contributed by atoms with Crippen LogP contribution in [0.1, 0.15) is 18.1 Å². The number of nitrogens with one attached hydrogen (secondary N) is 2. The zero-order valence-electron chi connectivity index (χ0n) is 11.1. The van der Waals surface area contributed by atoms with Crippen LogP contribution < -0.4 is 10.6 Å². The van der Waals surface area contributed by atoms with Crippen molar-refractivity contribution in [1.29, 1.82) is 0 Å². The van der Waals surface area contributed by atoms with E-state index in [4.69, 9.17) is 4.74 Å². The summed E-state index contributed by atoms with van der Waals surface area (Å²) in [6.45, 7) is 7.89. The number of benzene rings is 1. The van der Waals surface area contributed by atoms with E-state index in [1.54, 1.807) is 7.11 Å². The molecule has 0 aromatic heterocycles. The van der Waals surface area contributed by atoms with Gasteiger partial charge in [-0.2, -0.15) is 0 Å². The molecule has 0 aliphatic carbocycles. The first-order chi connectivity index (χ1) is 8.22. The van der Waals surface area contributed by atoms with E-state index in [1.807, 2.05) is 0 Å². The van der Waals surface area contributed by atoms with Gasteiger partial charge in [-0.1, -0.05) is 29.8 Å². The zero-order valence-corrected chi connectivity index (χ0v) is 11.1. The molecule has 0 fully saturated rings. The van der Waals surface area contributed by atoms with Gasteiger partial charge in [-0.3, -0.25) is 0 Å². The molecule has 1 unspecified atom stereocenters. The lowest BCUT2D eigenvalue weighted by molar-refractivity contribution is 0.198. The van der Waals surface area contributed by atoms with Gasteiger partial charge in [-0.15, -0.1) is 0 Å². The lowest BCUT2D eigenvalue weighted by atomic mass is 10.1. The fourth-order valence-corrected chi connectivity index (χ4v) is 1.68. The molecule has 0 aliphatic heterocycles. The average molecular weight is 236 g/mol. The van der Waals surface area contributed by atoms with Crippen molar-refractivity contribution in [3.8, 4) is 0 Å². The number of methoxy groups -OCH3 is 1. The van der Waals surface area contributed by atoms with Crippen LogP contribution in [0.25, 0.3) is 0 Å². The molecule has 0 aliphatic rings. The standard InChI is InChI=1S/C14H24N2O/c1-12-5-4-6-14(9-12)11-16-13(2)10-15-7-8-17-3/h4-6,9,13,15-16H,7-8,10-11H2,1-3H3. The van der Waals surface area contributed by atoms with Gasteiger partial charge in [0.2, 0.25) is 0 Å². The summed E-state index contributed by atoms with van der Waals surface area (Å²) in [6.07, 6.45) is 0. The largest absolute Gasteiger partial charge is 0.383 e. The minimum atomic E-state index is 0.465. The summed E-state index contributed by atoms with van der Waals surface area (Å²) in [5.74, 6) is 0. The summed E-state index contributed by atoms with van der Waals surface area (Å²) in [7, 11) is 1.72. The summed E-state index contributed by atoms with van der Waals surface area (Å²) >= 11 is 0. The van der Waals surface area contributed by atoms with Gasteiger partial charge in [0, 0.05) is 32.8 Å². The second-order valence-corrected chi connectivity index (χ2v) is 4.47. The Morgan fingerprint density at radius 2 is 2.18 bits per heavy atom. The predicted molar refractivity (Wildman–Crippen MR) is 72.2 cm³/mol. The van der Waals surface area contributed by atoms with Gasteiger partial charge < -0.3 is 15.4 Å². The van der Waals surface area contributed by atoms with E-state index in [9.17, 15) is 0 Å². The summed E-state index contributed by atoms with van der Waals surface area (Å²) in [6, 6.07) is 9.07. The van der Waals surface area contributed by atoms with Crippen LogP contribution in [0.4, 0.5) is 0 Å². The maximum absolute atomic E-state index is 4.98. The topological polar surface area (TPSA) is 33.3 Å². The molecule has 0 bridgehead atoms. The third kappa shape index (κ3) is 6.41. The molecule has 3 heteroatoms. The van der Waals surface area contributed by atoms with Crippen molar-refractivity contribution in [3.63, 3.8) is 0 Å². The molecule has 17 heavy (non-hydrogen) atoms. The van der Waals surface area contributed by atoms with Gasteiger partial charge in [-0.05, 0) is 19.4 Å². The van der Waals surface area contributed by atoms with Crippen molar-refractivity contribution in [2.24, 2.45) is 0 Å². The van der Waals surface area contributed by atoms with Crippen molar-refractivity contribution in [2.45, 2.75) is 26.4 Å². The van der Waals surface area contributed by atoms with Gasteiger partial charge in [0.15, 0.2) is 0 Å². The minimum absolute atomic E-state index is 0.465. The zero-order chi connectivity index (χ0) is 12.5. The number of ether oxygens (including phenoxy) is 1. The third-order valence-corrected chi connectivity index (χ3v) is 2.67. The molecule has 0 heterocycles. The first-order valence-corrected chi connectivity index (χ1v) is 6.21. The molecule has 1 aromatic carbocycles. The van der Waals surface area contributed by atoms with Crippen molar-refractivity contribution in [1.82, 2.24) is 10.6 Å². The van der Waals surface area contributed by atoms with E-state index >= 15 is 0 Å². The molecule has 1 aromatic rings. The molecule has 96 valence electrons. The highest BCUT2D eigenvalue weighted by Crippen LogP contribution is 2.03. The molecule has 1 rings (SSSR count). The highest BCUT2D eigenvalue weighted by Gasteiger charge is 2.00. The summed E-state index contributed by atoms with van der Waals surface area (Å²) in [5, 5.41) is 6.85. The summed E-state index contributed by atoms with van der Waals surface area (Å²) in [5.41, 5.74) is 2.66. The molecule has 0 radical (unpaired) electrons.